The Morgan fingerprint density at radius 1 is 0.957 bits per heavy atom. The standard InChI is InChI=1S/C33H34Cl3N5O5/c1-3-46-32(45)33(17-20-18-40(38-37-20)26-16-24(35)23(34)15-25(26)36)11-13-39(14-12-33)29(42)22-10-9-19(2)27-28(22)31(44)41(30(27)43)21-7-5-4-6-8-21/h4-8,15-16,18-19,22,27-28H,3,9-14,17H2,1-2H3. The smallest absolute Gasteiger partial charge is 0.312 e. The number of benzene rings is 2. The van der Waals surface area contributed by atoms with E-state index in [1.54, 1.807) is 48.4 Å². The summed E-state index contributed by atoms with van der Waals surface area (Å²) in [6.07, 6.45) is 3.84. The van der Waals surface area contributed by atoms with Crippen LogP contribution in [0.25, 0.3) is 5.69 Å². The van der Waals surface area contributed by atoms with Crippen LogP contribution in [0.1, 0.15) is 45.2 Å². The van der Waals surface area contributed by atoms with Crippen molar-refractivity contribution in [2.45, 2.75) is 46.0 Å². The van der Waals surface area contributed by atoms with Gasteiger partial charge in [0.1, 0.15) is 0 Å². The largest absolute Gasteiger partial charge is 0.466 e. The second-order valence-corrected chi connectivity index (χ2v) is 13.7. The zero-order valence-electron chi connectivity index (χ0n) is 25.5. The number of amides is 3. The summed E-state index contributed by atoms with van der Waals surface area (Å²) in [6.45, 7) is 4.56. The van der Waals surface area contributed by atoms with Gasteiger partial charge in [-0.25, -0.2) is 4.68 Å². The Kier molecular flexibility index (Phi) is 9.15. The van der Waals surface area contributed by atoms with Gasteiger partial charge in [0.25, 0.3) is 0 Å². The summed E-state index contributed by atoms with van der Waals surface area (Å²) in [4.78, 5) is 57.8. The number of carbonyl (C=O) groups excluding carboxylic acids is 4. The predicted molar refractivity (Wildman–Crippen MR) is 173 cm³/mol. The molecule has 1 aromatic heterocycles. The highest BCUT2D eigenvalue weighted by Crippen LogP contribution is 2.47. The average molecular weight is 687 g/mol. The number of anilines is 1. The number of para-hydroxylation sites is 1. The van der Waals surface area contributed by atoms with E-state index in [4.69, 9.17) is 39.5 Å². The molecule has 1 saturated carbocycles. The van der Waals surface area contributed by atoms with E-state index in [1.165, 1.54) is 15.6 Å². The molecular formula is C33H34Cl3N5O5. The van der Waals surface area contributed by atoms with Gasteiger partial charge < -0.3 is 9.64 Å². The minimum atomic E-state index is -0.929. The van der Waals surface area contributed by atoms with Crippen molar-refractivity contribution in [1.29, 1.82) is 0 Å². The highest BCUT2D eigenvalue weighted by Gasteiger charge is 2.58. The summed E-state index contributed by atoms with van der Waals surface area (Å²) in [5, 5.41) is 9.47. The van der Waals surface area contributed by atoms with Gasteiger partial charge in [0, 0.05) is 19.5 Å². The fraction of sp³-hybridized carbons (Fsp3) is 0.455. The molecule has 2 aliphatic heterocycles. The Morgan fingerprint density at radius 2 is 1.63 bits per heavy atom. The van der Waals surface area contributed by atoms with Gasteiger partial charge in [-0.2, -0.15) is 0 Å². The van der Waals surface area contributed by atoms with Crippen LogP contribution in [-0.2, 0) is 30.3 Å². The summed E-state index contributed by atoms with van der Waals surface area (Å²) < 4.78 is 7.00. The van der Waals surface area contributed by atoms with E-state index in [1.807, 2.05) is 13.0 Å². The number of ether oxygens (including phenoxy) is 1. The van der Waals surface area contributed by atoms with Crippen molar-refractivity contribution in [2.75, 3.05) is 24.6 Å². The van der Waals surface area contributed by atoms with Gasteiger partial charge in [0.05, 0.1) is 68.1 Å². The molecule has 242 valence electrons. The SMILES string of the molecule is CCOC(=O)C1(Cc2cn(-c3cc(Cl)c(Cl)cc3Cl)nn2)CCN(C(=O)C2CCC(C)C3C(=O)N(c4ccccc4)C(=O)C23)CC1. The number of fused-ring (bicyclic) bond motifs is 1. The average Bonchev–Trinajstić information content (AvgIpc) is 3.61. The van der Waals surface area contributed by atoms with Gasteiger partial charge in [-0.3, -0.25) is 24.1 Å². The number of rotatable bonds is 7. The molecule has 3 amide bonds. The normalized spacial score (nSPS) is 24.2. The van der Waals surface area contributed by atoms with Crippen LogP contribution in [0.4, 0.5) is 5.69 Å². The number of halogens is 3. The molecule has 3 aliphatic rings. The molecule has 46 heavy (non-hydrogen) atoms. The fourth-order valence-corrected chi connectivity index (χ4v) is 7.93. The van der Waals surface area contributed by atoms with E-state index in [2.05, 4.69) is 10.3 Å². The van der Waals surface area contributed by atoms with Crippen molar-refractivity contribution in [2.24, 2.45) is 29.1 Å². The van der Waals surface area contributed by atoms with Crippen molar-refractivity contribution in [1.82, 2.24) is 19.9 Å². The summed E-state index contributed by atoms with van der Waals surface area (Å²) in [5.74, 6) is -2.90. The topological polar surface area (TPSA) is 115 Å². The summed E-state index contributed by atoms with van der Waals surface area (Å²) in [5.41, 5.74) is 0.643. The van der Waals surface area contributed by atoms with E-state index in [0.717, 1.165) is 0 Å². The monoisotopic (exact) mass is 685 g/mol. The van der Waals surface area contributed by atoms with Crippen LogP contribution in [0.5, 0.6) is 0 Å². The van der Waals surface area contributed by atoms with Crippen LogP contribution in [0.2, 0.25) is 15.1 Å². The molecule has 6 rings (SSSR count). The third-order valence-electron chi connectivity index (χ3n) is 9.75. The lowest BCUT2D eigenvalue weighted by Gasteiger charge is -2.42. The second-order valence-electron chi connectivity index (χ2n) is 12.4. The van der Waals surface area contributed by atoms with Crippen LogP contribution in [0.15, 0.2) is 48.7 Å². The molecule has 0 bridgehead atoms. The number of nitrogens with zero attached hydrogens (tertiary/aromatic N) is 5. The lowest BCUT2D eigenvalue weighted by Crippen LogP contribution is -2.52. The second kappa shape index (κ2) is 13.0. The minimum Gasteiger partial charge on any atom is -0.466 e. The Labute approximate surface area is 281 Å². The van der Waals surface area contributed by atoms with Crippen LogP contribution in [0, 0.1) is 29.1 Å². The van der Waals surface area contributed by atoms with Gasteiger partial charge in [-0.15, -0.1) is 5.10 Å². The third-order valence-corrected chi connectivity index (χ3v) is 10.8. The maximum Gasteiger partial charge on any atom is 0.312 e. The number of carbonyl (C=O) groups is 4. The molecule has 1 aliphatic carbocycles. The Balaban J connectivity index is 1.20. The molecule has 3 fully saturated rings. The van der Waals surface area contributed by atoms with Crippen LogP contribution in [0.3, 0.4) is 0 Å². The highest BCUT2D eigenvalue weighted by molar-refractivity contribution is 6.43. The van der Waals surface area contributed by atoms with Crippen molar-refractivity contribution >= 4 is 64.2 Å². The minimum absolute atomic E-state index is 0.00997. The van der Waals surface area contributed by atoms with Gasteiger partial charge in [0.2, 0.25) is 17.7 Å². The zero-order chi connectivity index (χ0) is 32.7. The Hall–Kier alpha value is -3.47. The van der Waals surface area contributed by atoms with Crippen molar-refractivity contribution in [3.8, 4) is 5.69 Å². The van der Waals surface area contributed by atoms with E-state index >= 15 is 0 Å². The number of piperidine rings is 1. The van der Waals surface area contributed by atoms with Gasteiger partial charge in [-0.1, -0.05) is 65.1 Å². The molecule has 0 radical (unpaired) electrons. The molecule has 2 aromatic carbocycles. The first-order valence-electron chi connectivity index (χ1n) is 15.5. The summed E-state index contributed by atoms with van der Waals surface area (Å²) >= 11 is 18.7. The number of likely N-dealkylation sites (tertiary alicyclic amines) is 1. The lowest BCUT2D eigenvalue weighted by atomic mass is 9.67. The third kappa shape index (κ3) is 5.80. The first-order chi connectivity index (χ1) is 22.0. The maximum atomic E-state index is 14.1. The molecule has 0 N–H and O–H groups in total. The fourth-order valence-electron chi connectivity index (χ4n) is 7.30. The number of hydrogen-bond acceptors (Lipinski definition) is 7. The molecule has 4 atom stereocenters. The molecule has 13 heteroatoms. The zero-order valence-corrected chi connectivity index (χ0v) is 27.8. The van der Waals surface area contributed by atoms with Crippen molar-refractivity contribution in [3.05, 3.63) is 69.4 Å². The molecule has 2 saturated heterocycles. The van der Waals surface area contributed by atoms with Gasteiger partial charge in [-0.05, 0) is 62.8 Å². The first-order valence-corrected chi connectivity index (χ1v) is 16.6. The molecule has 10 nitrogen and oxygen atoms in total. The molecular weight excluding hydrogens is 653 g/mol. The summed E-state index contributed by atoms with van der Waals surface area (Å²) in [7, 11) is 0. The molecule has 3 aromatic rings. The van der Waals surface area contributed by atoms with Crippen LogP contribution in [-0.4, -0.2) is 63.3 Å². The Bertz CT molecular complexity index is 1670. The van der Waals surface area contributed by atoms with Gasteiger partial charge in [0.15, 0.2) is 0 Å². The number of hydrogen-bond donors (Lipinski definition) is 0. The van der Waals surface area contributed by atoms with Gasteiger partial charge >= 0.3 is 5.97 Å². The highest BCUT2D eigenvalue weighted by atomic mass is 35.5. The summed E-state index contributed by atoms with van der Waals surface area (Å²) in [6, 6.07) is 12.0. The lowest BCUT2D eigenvalue weighted by molar-refractivity contribution is -0.161. The van der Waals surface area contributed by atoms with E-state index in [0.29, 0.717) is 70.9 Å². The molecule has 4 unspecified atom stereocenters. The molecule has 3 heterocycles. The first kappa shape index (κ1) is 32.5. The number of imide groups is 1. The van der Waals surface area contributed by atoms with E-state index < -0.39 is 23.2 Å². The Morgan fingerprint density at radius 3 is 2.33 bits per heavy atom. The van der Waals surface area contributed by atoms with E-state index in [9.17, 15) is 19.2 Å². The van der Waals surface area contributed by atoms with Crippen LogP contribution >= 0.6 is 34.8 Å². The number of esters is 1. The number of aromatic nitrogens is 3. The maximum absolute atomic E-state index is 14.1. The quantitative estimate of drug-likeness (QED) is 0.176. The van der Waals surface area contributed by atoms with Crippen molar-refractivity contribution < 1.29 is 23.9 Å². The van der Waals surface area contributed by atoms with E-state index in [-0.39, 0.29) is 42.6 Å². The molecule has 0 spiro atoms. The predicted octanol–water partition coefficient (Wildman–Crippen LogP) is 5.79. The van der Waals surface area contributed by atoms with Crippen molar-refractivity contribution in [3.63, 3.8) is 0 Å². The van der Waals surface area contributed by atoms with Crippen LogP contribution < -0.4 is 4.90 Å².